The van der Waals surface area contributed by atoms with Gasteiger partial charge in [-0.15, -0.1) is 0 Å². The normalized spacial score (nSPS) is 21.6. The van der Waals surface area contributed by atoms with Gasteiger partial charge < -0.3 is 10.1 Å². The molecule has 1 aromatic rings. The van der Waals surface area contributed by atoms with Gasteiger partial charge in [0.15, 0.2) is 0 Å². The lowest BCUT2D eigenvalue weighted by Gasteiger charge is -2.27. The number of carbonyl (C=O) groups is 1. The van der Waals surface area contributed by atoms with Crippen LogP contribution in [-0.4, -0.2) is 12.5 Å². The third-order valence-electron chi connectivity index (χ3n) is 3.36. The second-order valence-electron chi connectivity index (χ2n) is 4.47. The molecule has 2 aliphatic rings. The average molecular weight is 229 g/mol. The molecule has 0 spiro atoms. The molecule has 1 atom stereocenters. The number of nitrogens with one attached hydrogen (secondary N) is 1. The van der Waals surface area contributed by atoms with Crippen LogP contribution in [0.25, 0.3) is 0 Å². The maximum absolute atomic E-state index is 11.9. The molecule has 1 aromatic carbocycles. The number of hydrogen-bond donors (Lipinski definition) is 1. The van der Waals surface area contributed by atoms with Gasteiger partial charge in [-0.3, -0.25) is 4.79 Å². The maximum Gasteiger partial charge on any atom is 0.247 e. The van der Waals surface area contributed by atoms with E-state index in [0.717, 1.165) is 36.1 Å². The average Bonchev–Trinajstić information content (AvgIpc) is 2.27. The quantitative estimate of drug-likeness (QED) is 0.845. The van der Waals surface area contributed by atoms with Gasteiger partial charge in [0.05, 0.1) is 12.6 Å². The van der Waals surface area contributed by atoms with Crippen molar-refractivity contribution in [1.82, 2.24) is 5.32 Å². The van der Waals surface area contributed by atoms with Crippen LogP contribution in [-0.2, 0) is 4.79 Å². The van der Waals surface area contributed by atoms with Crippen LogP contribution >= 0.6 is 0 Å². The Morgan fingerprint density at radius 1 is 1.35 bits per heavy atom. The standard InChI is InChI=1S/C14H15NO2/c16-14(10-4-3-5-10)15-12-8-9-17-13-7-2-1-6-11(12)13/h1-2,4,6-7,12H,3,5,8-9H2,(H,15,16)/t12-/m0/s1. The first-order valence-electron chi connectivity index (χ1n) is 6.06. The van der Waals surface area contributed by atoms with Crippen LogP contribution < -0.4 is 10.1 Å². The summed E-state index contributed by atoms with van der Waals surface area (Å²) in [6.07, 6.45) is 4.79. The van der Waals surface area contributed by atoms with Gasteiger partial charge in [-0.25, -0.2) is 0 Å². The van der Waals surface area contributed by atoms with E-state index >= 15 is 0 Å². The predicted octanol–water partition coefficient (Wildman–Crippen LogP) is 2.35. The Labute approximate surface area is 100 Å². The van der Waals surface area contributed by atoms with Gasteiger partial charge in [0.25, 0.3) is 0 Å². The van der Waals surface area contributed by atoms with E-state index in [-0.39, 0.29) is 11.9 Å². The largest absolute Gasteiger partial charge is 0.493 e. The summed E-state index contributed by atoms with van der Waals surface area (Å²) in [5, 5.41) is 3.09. The molecule has 0 saturated carbocycles. The summed E-state index contributed by atoms with van der Waals surface area (Å²) in [6.45, 7) is 0.668. The highest BCUT2D eigenvalue weighted by Crippen LogP contribution is 2.32. The highest BCUT2D eigenvalue weighted by molar-refractivity contribution is 5.94. The number of rotatable bonds is 2. The van der Waals surface area contributed by atoms with Gasteiger partial charge in [-0.1, -0.05) is 24.3 Å². The second-order valence-corrected chi connectivity index (χ2v) is 4.47. The summed E-state index contributed by atoms with van der Waals surface area (Å²) < 4.78 is 5.57. The van der Waals surface area contributed by atoms with Crippen molar-refractivity contribution < 1.29 is 9.53 Å². The fourth-order valence-corrected chi connectivity index (χ4v) is 2.24. The van der Waals surface area contributed by atoms with Crippen molar-refractivity contribution in [3.05, 3.63) is 41.5 Å². The molecule has 17 heavy (non-hydrogen) atoms. The smallest absolute Gasteiger partial charge is 0.247 e. The lowest BCUT2D eigenvalue weighted by Crippen LogP contribution is -2.34. The highest BCUT2D eigenvalue weighted by atomic mass is 16.5. The van der Waals surface area contributed by atoms with E-state index in [4.69, 9.17) is 4.74 Å². The summed E-state index contributed by atoms with van der Waals surface area (Å²) in [6, 6.07) is 8.01. The van der Waals surface area contributed by atoms with Gasteiger partial charge in [0.1, 0.15) is 5.75 Å². The van der Waals surface area contributed by atoms with Crippen molar-refractivity contribution >= 4 is 5.91 Å². The summed E-state index contributed by atoms with van der Waals surface area (Å²) in [7, 11) is 0. The third-order valence-corrected chi connectivity index (χ3v) is 3.36. The van der Waals surface area contributed by atoms with Gasteiger partial charge in [-0.05, 0) is 18.9 Å². The molecule has 1 N–H and O–H groups in total. The molecule has 0 aromatic heterocycles. The van der Waals surface area contributed by atoms with Crippen LogP contribution in [0.15, 0.2) is 35.9 Å². The second kappa shape index (κ2) is 4.24. The number of amides is 1. The fourth-order valence-electron chi connectivity index (χ4n) is 2.24. The summed E-state index contributed by atoms with van der Waals surface area (Å²) in [5.74, 6) is 0.976. The minimum absolute atomic E-state index is 0.0814. The molecule has 1 heterocycles. The van der Waals surface area contributed by atoms with Gasteiger partial charge in [-0.2, -0.15) is 0 Å². The van der Waals surface area contributed by atoms with Crippen molar-refractivity contribution in [1.29, 1.82) is 0 Å². The first-order valence-corrected chi connectivity index (χ1v) is 6.06. The molecular formula is C14H15NO2. The Morgan fingerprint density at radius 2 is 2.18 bits per heavy atom. The Hall–Kier alpha value is -1.77. The minimum atomic E-state index is 0.0814. The molecule has 1 aliphatic heterocycles. The number of hydrogen-bond acceptors (Lipinski definition) is 2. The van der Waals surface area contributed by atoms with Crippen LogP contribution in [0.1, 0.15) is 30.9 Å². The van der Waals surface area contributed by atoms with Crippen LogP contribution in [0.5, 0.6) is 5.75 Å². The van der Waals surface area contributed by atoms with E-state index in [1.54, 1.807) is 0 Å². The summed E-state index contributed by atoms with van der Waals surface area (Å²) in [5.41, 5.74) is 2.01. The van der Waals surface area contributed by atoms with Crippen molar-refractivity contribution in [3.63, 3.8) is 0 Å². The molecular weight excluding hydrogens is 214 g/mol. The Balaban J connectivity index is 1.78. The Bertz CT molecular complexity index is 479. The highest BCUT2D eigenvalue weighted by Gasteiger charge is 2.24. The van der Waals surface area contributed by atoms with E-state index in [2.05, 4.69) is 5.32 Å². The molecule has 1 amide bonds. The molecule has 0 fully saturated rings. The zero-order valence-electron chi connectivity index (χ0n) is 9.61. The zero-order chi connectivity index (χ0) is 11.7. The first-order chi connectivity index (χ1) is 8.34. The lowest BCUT2D eigenvalue weighted by molar-refractivity contribution is -0.118. The van der Waals surface area contributed by atoms with E-state index in [1.807, 2.05) is 30.3 Å². The van der Waals surface area contributed by atoms with E-state index in [9.17, 15) is 4.79 Å². The Morgan fingerprint density at radius 3 is 2.94 bits per heavy atom. The maximum atomic E-state index is 11.9. The van der Waals surface area contributed by atoms with Crippen molar-refractivity contribution in [3.8, 4) is 5.75 Å². The van der Waals surface area contributed by atoms with Crippen LogP contribution in [0.4, 0.5) is 0 Å². The van der Waals surface area contributed by atoms with Crippen molar-refractivity contribution in [2.75, 3.05) is 6.61 Å². The molecule has 88 valence electrons. The predicted molar refractivity (Wildman–Crippen MR) is 64.8 cm³/mol. The van der Waals surface area contributed by atoms with Crippen LogP contribution in [0.2, 0.25) is 0 Å². The number of ether oxygens (including phenoxy) is 1. The topological polar surface area (TPSA) is 38.3 Å². The lowest BCUT2D eigenvalue weighted by atomic mass is 9.96. The molecule has 0 unspecified atom stereocenters. The van der Waals surface area contributed by atoms with Gasteiger partial charge >= 0.3 is 0 Å². The minimum Gasteiger partial charge on any atom is -0.493 e. The molecule has 0 saturated heterocycles. The van der Waals surface area contributed by atoms with Crippen molar-refractivity contribution in [2.24, 2.45) is 0 Å². The number of para-hydroxylation sites is 1. The molecule has 0 radical (unpaired) electrons. The van der Waals surface area contributed by atoms with E-state index < -0.39 is 0 Å². The first kappa shape index (κ1) is 10.4. The van der Waals surface area contributed by atoms with Crippen molar-refractivity contribution in [2.45, 2.75) is 25.3 Å². The number of benzene rings is 1. The Kier molecular flexibility index (Phi) is 2.59. The van der Waals surface area contributed by atoms with Crippen LogP contribution in [0, 0.1) is 0 Å². The number of fused-ring (bicyclic) bond motifs is 1. The monoisotopic (exact) mass is 229 g/mol. The SMILES string of the molecule is O=C(N[C@H]1CCOc2ccccc21)C1=CCC1. The summed E-state index contributed by atoms with van der Waals surface area (Å²) in [4.78, 5) is 11.9. The van der Waals surface area contributed by atoms with E-state index in [0.29, 0.717) is 6.61 Å². The molecule has 3 rings (SSSR count). The molecule has 0 bridgehead atoms. The van der Waals surface area contributed by atoms with E-state index in [1.165, 1.54) is 0 Å². The third kappa shape index (κ3) is 1.93. The summed E-state index contributed by atoms with van der Waals surface area (Å²) >= 11 is 0. The van der Waals surface area contributed by atoms with Gasteiger partial charge in [0.2, 0.25) is 5.91 Å². The molecule has 3 heteroatoms. The van der Waals surface area contributed by atoms with Gasteiger partial charge in [0, 0.05) is 17.6 Å². The molecule has 3 nitrogen and oxygen atoms in total. The number of carbonyl (C=O) groups excluding carboxylic acids is 1. The van der Waals surface area contributed by atoms with Crippen LogP contribution in [0.3, 0.4) is 0 Å². The fraction of sp³-hybridized carbons (Fsp3) is 0.357. The molecule has 1 aliphatic carbocycles. The number of allylic oxidation sites excluding steroid dienone is 1. The zero-order valence-corrected chi connectivity index (χ0v) is 9.61.